The van der Waals surface area contributed by atoms with E-state index >= 15 is 0 Å². The molecule has 1 fully saturated rings. The van der Waals surface area contributed by atoms with Crippen molar-refractivity contribution in [2.75, 3.05) is 26.2 Å². The van der Waals surface area contributed by atoms with Crippen molar-refractivity contribution < 1.29 is 17.9 Å². The quantitative estimate of drug-likeness (QED) is 0.828. The maximum absolute atomic E-state index is 12.4. The number of halogens is 5. The molecule has 0 aliphatic carbocycles. The highest BCUT2D eigenvalue weighted by atomic mass is 35.5. The zero-order valence-corrected chi connectivity index (χ0v) is 15.7. The summed E-state index contributed by atoms with van der Waals surface area (Å²) in [5.74, 6) is -0.158. The van der Waals surface area contributed by atoms with Crippen LogP contribution in [0.5, 0.6) is 5.75 Å². The molecule has 0 radical (unpaired) electrons. The standard InChI is InChI=1S/C16H23F3N2O.2ClH/c1-15(2,3)14(21-9-7-20-8-10-21)12-5-4-6-13(11-12)22-16(17,18)19;;/h4-6,11,14,20H,7-10H2,1-3H3;2*1H/t14-;;/m0../s1. The topological polar surface area (TPSA) is 24.5 Å². The Morgan fingerprint density at radius 3 is 2.17 bits per heavy atom. The number of piperazine rings is 1. The third-order valence-corrected chi connectivity index (χ3v) is 3.74. The fourth-order valence-electron chi connectivity index (χ4n) is 3.08. The van der Waals surface area contributed by atoms with E-state index in [2.05, 4.69) is 35.7 Å². The van der Waals surface area contributed by atoms with E-state index in [9.17, 15) is 13.2 Å². The molecular weight excluding hydrogens is 364 g/mol. The molecule has 2 rings (SSSR count). The predicted octanol–water partition coefficient (Wildman–Crippen LogP) is 4.42. The molecule has 3 nitrogen and oxygen atoms in total. The molecule has 0 amide bonds. The Kier molecular flexibility index (Phi) is 8.87. The smallest absolute Gasteiger partial charge is 0.406 e. The first-order valence-corrected chi connectivity index (χ1v) is 7.47. The molecule has 1 aromatic carbocycles. The van der Waals surface area contributed by atoms with Crippen LogP contribution in [0.1, 0.15) is 32.4 Å². The van der Waals surface area contributed by atoms with E-state index in [4.69, 9.17) is 0 Å². The van der Waals surface area contributed by atoms with Crippen molar-refractivity contribution in [1.82, 2.24) is 10.2 Å². The van der Waals surface area contributed by atoms with Gasteiger partial charge in [0.2, 0.25) is 0 Å². The Hall–Kier alpha value is -0.690. The lowest BCUT2D eigenvalue weighted by molar-refractivity contribution is -0.274. The zero-order valence-electron chi connectivity index (χ0n) is 14.0. The summed E-state index contributed by atoms with van der Waals surface area (Å²) in [5, 5.41) is 3.30. The third kappa shape index (κ3) is 6.67. The molecule has 0 saturated carbocycles. The van der Waals surface area contributed by atoms with Gasteiger partial charge < -0.3 is 10.1 Å². The van der Waals surface area contributed by atoms with Crippen LogP contribution in [0.2, 0.25) is 0 Å². The van der Waals surface area contributed by atoms with Crippen molar-refractivity contribution >= 4 is 24.8 Å². The fourth-order valence-corrected chi connectivity index (χ4v) is 3.08. The van der Waals surface area contributed by atoms with Gasteiger partial charge in [-0.1, -0.05) is 32.9 Å². The average Bonchev–Trinajstić information content (AvgIpc) is 2.37. The first-order valence-electron chi connectivity index (χ1n) is 7.47. The Morgan fingerprint density at radius 1 is 1.08 bits per heavy atom. The first kappa shape index (κ1) is 23.3. The summed E-state index contributed by atoms with van der Waals surface area (Å²) in [6.07, 6.45) is -4.66. The molecule has 0 unspecified atom stereocenters. The van der Waals surface area contributed by atoms with Crippen molar-refractivity contribution in [3.8, 4) is 5.75 Å². The highest BCUT2D eigenvalue weighted by Gasteiger charge is 2.34. The second kappa shape index (κ2) is 9.13. The van der Waals surface area contributed by atoms with Crippen molar-refractivity contribution in [1.29, 1.82) is 0 Å². The SMILES string of the molecule is CC(C)(C)[C@H](c1cccc(OC(F)(F)F)c1)N1CCNCC1.Cl.Cl. The second-order valence-electron chi connectivity index (χ2n) is 6.67. The molecule has 1 saturated heterocycles. The Bertz CT molecular complexity index is 501. The van der Waals surface area contributed by atoms with Crippen LogP contribution in [-0.2, 0) is 0 Å². The molecule has 0 aromatic heterocycles. The number of nitrogens with one attached hydrogen (secondary N) is 1. The van der Waals surface area contributed by atoms with Crippen molar-refractivity contribution in [2.24, 2.45) is 5.41 Å². The van der Waals surface area contributed by atoms with Crippen LogP contribution in [-0.4, -0.2) is 37.4 Å². The number of hydrogen-bond acceptors (Lipinski definition) is 3. The van der Waals surface area contributed by atoms with Crippen LogP contribution in [0.15, 0.2) is 24.3 Å². The Labute approximate surface area is 153 Å². The van der Waals surface area contributed by atoms with E-state index in [1.54, 1.807) is 6.07 Å². The third-order valence-electron chi connectivity index (χ3n) is 3.74. The van der Waals surface area contributed by atoms with Gasteiger partial charge in [-0.15, -0.1) is 38.0 Å². The number of alkyl halides is 3. The summed E-state index contributed by atoms with van der Waals surface area (Å²) in [4.78, 5) is 2.32. The fraction of sp³-hybridized carbons (Fsp3) is 0.625. The van der Waals surface area contributed by atoms with Gasteiger partial charge in [0.25, 0.3) is 0 Å². The van der Waals surface area contributed by atoms with Gasteiger partial charge in [0.05, 0.1) is 0 Å². The minimum Gasteiger partial charge on any atom is -0.406 e. The molecule has 24 heavy (non-hydrogen) atoms. The lowest BCUT2D eigenvalue weighted by atomic mass is 9.81. The molecular formula is C16H25Cl2F3N2O. The van der Waals surface area contributed by atoms with Crippen LogP contribution < -0.4 is 10.1 Å². The summed E-state index contributed by atoms with van der Waals surface area (Å²) < 4.78 is 41.3. The number of ether oxygens (including phenoxy) is 1. The summed E-state index contributed by atoms with van der Waals surface area (Å²) in [6.45, 7) is 9.88. The van der Waals surface area contributed by atoms with Gasteiger partial charge >= 0.3 is 6.36 Å². The van der Waals surface area contributed by atoms with Crippen LogP contribution >= 0.6 is 24.8 Å². The monoisotopic (exact) mass is 388 g/mol. The van der Waals surface area contributed by atoms with E-state index in [0.29, 0.717) is 0 Å². The van der Waals surface area contributed by atoms with Gasteiger partial charge in [0.15, 0.2) is 0 Å². The van der Waals surface area contributed by atoms with Crippen molar-refractivity contribution in [2.45, 2.75) is 33.2 Å². The number of benzene rings is 1. The van der Waals surface area contributed by atoms with E-state index in [1.807, 2.05) is 6.07 Å². The highest BCUT2D eigenvalue weighted by molar-refractivity contribution is 5.85. The van der Waals surface area contributed by atoms with Crippen LogP contribution in [0, 0.1) is 5.41 Å². The maximum atomic E-state index is 12.4. The van der Waals surface area contributed by atoms with Crippen LogP contribution in [0.4, 0.5) is 13.2 Å². The first-order chi connectivity index (χ1) is 10.2. The predicted molar refractivity (Wildman–Crippen MR) is 94.3 cm³/mol. The number of rotatable bonds is 3. The summed E-state index contributed by atoms with van der Waals surface area (Å²) in [5.41, 5.74) is 0.768. The van der Waals surface area contributed by atoms with Crippen LogP contribution in [0.25, 0.3) is 0 Å². The van der Waals surface area contributed by atoms with E-state index in [0.717, 1.165) is 31.7 Å². The summed E-state index contributed by atoms with van der Waals surface area (Å²) in [7, 11) is 0. The van der Waals surface area contributed by atoms with Crippen molar-refractivity contribution in [3.63, 3.8) is 0 Å². The maximum Gasteiger partial charge on any atom is 0.573 e. The van der Waals surface area contributed by atoms with E-state index in [1.165, 1.54) is 12.1 Å². The van der Waals surface area contributed by atoms with Gasteiger partial charge in [-0.25, -0.2) is 0 Å². The molecule has 8 heteroatoms. The number of hydrogen-bond donors (Lipinski definition) is 1. The minimum absolute atomic E-state index is 0. The molecule has 1 atom stereocenters. The lowest BCUT2D eigenvalue weighted by Crippen LogP contribution is -2.48. The highest BCUT2D eigenvalue weighted by Crippen LogP contribution is 2.39. The van der Waals surface area contributed by atoms with Gasteiger partial charge in [-0.2, -0.15) is 0 Å². The summed E-state index contributed by atoms with van der Waals surface area (Å²) in [6, 6.07) is 6.39. The number of nitrogens with zero attached hydrogens (tertiary/aromatic N) is 1. The molecule has 140 valence electrons. The Morgan fingerprint density at radius 2 is 1.67 bits per heavy atom. The molecule has 0 bridgehead atoms. The Balaban J connectivity index is 0.00000264. The van der Waals surface area contributed by atoms with Crippen molar-refractivity contribution in [3.05, 3.63) is 29.8 Å². The van der Waals surface area contributed by atoms with Gasteiger partial charge in [0.1, 0.15) is 5.75 Å². The van der Waals surface area contributed by atoms with Gasteiger partial charge in [0, 0.05) is 32.2 Å². The van der Waals surface area contributed by atoms with Gasteiger partial charge in [-0.3, -0.25) is 4.90 Å². The molecule has 1 N–H and O–H groups in total. The second-order valence-corrected chi connectivity index (χ2v) is 6.67. The lowest BCUT2D eigenvalue weighted by Gasteiger charge is -2.42. The minimum atomic E-state index is -4.66. The molecule has 1 aliphatic rings. The largest absolute Gasteiger partial charge is 0.573 e. The summed E-state index contributed by atoms with van der Waals surface area (Å²) >= 11 is 0. The van der Waals surface area contributed by atoms with E-state index < -0.39 is 6.36 Å². The van der Waals surface area contributed by atoms with Crippen LogP contribution in [0.3, 0.4) is 0 Å². The molecule has 1 aliphatic heterocycles. The van der Waals surface area contributed by atoms with E-state index in [-0.39, 0.29) is 42.0 Å². The average molecular weight is 389 g/mol. The molecule has 1 heterocycles. The molecule has 1 aromatic rings. The van der Waals surface area contributed by atoms with Gasteiger partial charge in [-0.05, 0) is 23.1 Å². The molecule has 0 spiro atoms. The zero-order chi connectivity index (χ0) is 16.4. The normalized spacial score (nSPS) is 17.4.